The lowest BCUT2D eigenvalue weighted by molar-refractivity contribution is 0.0525. The highest BCUT2D eigenvalue weighted by Crippen LogP contribution is 2.34. The molecule has 1 aliphatic heterocycles. The fourth-order valence-electron chi connectivity index (χ4n) is 2.87. The average Bonchev–Trinajstić information content (AvgIpc) is 2.67. The van der Waals surface area contributed by atoms with Gasteiger partial charge in [0.25, 0.3) is 10.0 Å². The molecule has 0 aliphatic carbocycles. The van der Waals surface area contributed by atoms with Crippen LogP contribution in [0.15, 0.2) is 41.3 Å². The topological polar surface area (TPSA) is 82.1 Å². The predicted molar refractivity (Wildman–Crippen MR) is 100 cm³/mol. The second-order valence-corrected chi connectivity index (χ2v) is 7.92. The van der Waals surface area contributed by atoms with Crippen LogP contribution in [-0.4, -0.2) is 41.3 Å². The van der Waals surface area contributed by atoms with E-state index in [-0.39, 0.29) is 11.5 Å². The summed E-state index contributed by atoms with van der Waals surface area (Å²) in [5.41, 5.74) is 1.26. The van der Waals surface area contributed by atoms with Gasteiger partial charge in [0.1, 0.15) is 13.2 Å². The van der Waals surface area contributed by atoms with Gasteiger partial charge in [0.05, 0.1) is 22.8 Å². The third kappa shape index (κ3) is 3.57. The van der Waals surface area contributed by atoms with E-state index in [2.05, 4.69) is 0 Å². The van der Waals surface area contributed by atoms with Crippen molar-refractivity contribution in [2.45, 2.75) is 18.7 Å². The van der Waals surface area contributed by atoms with Crippen molar-refractivity contribution in [1.82, 2.24) is 0 Å². The van der Waals surface area contributed by atoms with Gasteiger partial charge in [-0.25, -0.2) is 13.2 Å². The Balaban J connectivity index is 1.98. The summed E-state index contributed by atoms with van der Waals surface area (Å²) in [7, 11) is -2.41. The first-order chi connectivity index (χ1) is 12.9. The quantitative estimate of drug-likeness (QED) is 0.729. The zero-order chi connectivity index (χ0) is 19.6. The van der Waals surface area contributed by atoms with Gasteiger partial charge in [-0.2, -0.15) is 0 Å². The number of hydrogen-bond acceptors (Lipinski definition) is 6. The number of esters is 1. The van der Waals surface area contributed by atoms with Gasteiger partial charge in [0.15, 0.2) is 11.5 Å². The normalized spacial score (nSPS) is 13.1. The van der Waals surface area contributed by atoms with Gasteiger partial charge in [-0.3, -0.25) is 4.31 Å². The van der Waals surface area contributed by atoms with Crippen molar-refractivity contribution in [1.29, 1.82) is 0 Å². The lowest BCUT2D eigenvalue weighted by Gasteiger charge is -2.24. The van der Waals surface area contributed by atoms with Crippen molar-refractivity contribution in [2.24, 2.45) is 0 Å². The third-order valence-electron chi connectivity index (χ3n) is 4.31. The fraction of sp³-hybridized carbons (Fsp3) is 0.316. The molecule has 8 heteroatoms. The molecule has 0 aromatic heterocycles. The second-order valence-electron chi connectivity index (χ2n) is 5.95. The van der Waals surface area contributed by atoms with Crippen LogP contribution in [0.3, 0.4) is 0 Å². The molecule has 144 valence electrons. The van der Waals surface area contributed by atoms with Gasteiger partial charge >= 0.3 is 5.97 Å². The van der Waals surface area contributed by atoms with Crippen molar-refractivity contribution >= 4 is 21.7 Å². The minimum absolute atomic E-state index is 0.0789. The summed E-state index contributed by atoms with van der Waals surface area (Å²) in [4.78, 5) is 12.2. The van der Waals surface area contributed by atoms with E-state index in [0.29, 0.717) is 41.5 Å². The maximum Gasteiger partial charge on any atom is 0.338 e. The van der Waals surface area contributed by atoms with E-state index >= 15 is 0 Å². The predicted octanol–water partition coefficient (Wildman–Crippen LogP) is 2.77. The molecule has 0 saturated carbocycles. The van der Waals surface area contributed by atoms with Gasteiger partial charge in [0.2, 0.25) is 0 Å². The van der Waals surface area contributed by atoms with Gasteiger partial charge in [-0.1, -0.05) is 6.07 Å². The number of rotatable bonds is 5. The molecule has 0 radical (unpaired) electrons. The van der Waals surface area contributed by atoms with Crippen molar-refractivity contribution in [3.63, 3.8) is 0 Å². The van der Waals surface area contributed by atoms with Crippen LogP contribution in [0.25, 0.3) is 0 Å². The number of nitrogens with zero attached hydrogens (tertiary/aromatic N) is 1. The van der Waals surface area contributed by atoms with E-state index in [0.717, 1.165) is 4.31 Å². The van der Waals surface area contributed by atoms with Gasteiger partial charge in [-0.05, 0) is 43.7 Å². The summed E-state index contributed by atoms with van der Waals surface area (Å²) in [5.74, 6) is 0.429. The highest BCUT2D eigenvalue weighted by Gasteiger charge is 2.26. The Hall–Kier alpha value is -2.74. The van der Waals surface area contributed by atoms with Crippen LogP contribution in [0.4, 0.5) is 5.69 Å². The first-order valence-electron chi connectivity index (χ1n) is 8.51. The molecule has 7 nitrogen and oxygen atoms in total. The van der Waals surface area contributed by atoms with Crippen molar-refractivity contribution in [3.8, 4) is 11.5 Å². The first kappa shape index (κ1) is 19.0. The molecule has 0 amide bonds. The Kier molecular flexibility index (Phi) is 5.27. The zero-order valence-electron chi connectivity index (χ0n) is 15.4. The number of carbonyl (C=O) groups is 1. The molecule has 2 aromatic carbocycles. The van der Waals surface area contributed by atoms with Crippen LogP contribution < -0.4 is 13.8 Å². The van der Waals surface area contributed by atoms with Crippen LogP contribution in [0, 0.1) is 6.92 Å². The molecule has 0 spiro atoms. The van der Waals surface area contributed by atoms with Gasteiger partial charge < -0.3 is 14.2 Å². The molecule has 0 unspecified atom stereocenters. The minimum atomic E-state index is -3.86. The molecular weight excluding hydrogens is 370 g/mol. The van der Waals surface area contributed by atoms with Crippen LogP contribution >= 0.6 is 0 Å². The molecule has 0 saturated heterocycles. The van der Waals surface area contributed by atoms with Crippen LogP contribution in [0.1, 0.15) is 22.8 Å². The number of benzene rings is 2. The van der Waals surface area contributed by atoms with Crippen LogP contribution in [0.2, 0.25) is 0 Å². The Bertz CT molecular complexity index is 970. The molecule has 0 N–H and O–H groups in total. The van der Waals surface area contributed by atoms with Crippen LogP contribution in [0.5, 0.6) is 11.5 Å². The van der Waals surface area contributed by atoms with E-state index in [1.54, 1.807) is 38.1 Å². The molecule has 1 aliphatic rings. The number of fused-ring (bicyclic) bond motifs is 1. The zero-order valence-corrected chi connectivity index (χ0v) is 16.2. The molecule has 0 fully saturated rings. The summed E-state index contributed by atoms with van der Waals surface area (Å²) in [5, 5.41) is 0. The minimum Gasteiger partial charge on any atom is -0.486 e. The van der Waals surface area contributed by atoms with Crippen molar-refractivity contribution < 1.29 is 27.4 Å². The summed E-state index contributed by atoms with van der Waals surface area (Å²) in [6, 6.07) is 9.39. The highest BCUT2D eigenvalue weighted by molar-refractivity contribution is 7.92. The number of ether oxygens (including phenoxy) is 3. The first-order valence-corrected chi connectivity index (χ1v) is 9.95. The standard InChI is InChI=1S/C19H21NO6S/c1-4-24-19(21)15-6-5-7-16(13(15)2)20(3)27(22,23)14-8-9-17-18(12-14)26-11-10-25-17/h5-9,12H,4,10-11H2,1-3H3. The fourth-order valence-corrected chi connectivity index (χ4v) is 4.14. The smallest absolute Gasteiger partial charge is 0.338 e. The van der Waals surface area contributed by atoms with E-state index in [4.69, 9.17) is 14.2 Å². The van der Waals surface area contributed by atoms with E-state index in [1.165, 1.54) is 19.2 Å². The summed E-state index contributed by atoms with van der Waals surface area (Å²) >= 11 is 0. The Morgan fingerprint density at radius 2 is 1.85 bits per heavy atom. The maximum absolute atomic E-state index is 13.1. The number of hydrogen-bond donors (Lipinski definition) is 0. The highest BCUT2D eigenvalue weighted by atomic mass is 32.2. The monoisotopic (exact) mass is 391 g/mol. The van der Waals surface area contributed by atoms with Crippen molar-refractivity contribution in [2.75, 3.05) is 31.2 Å². The van der Waals surface area contributed by atoms with E-state index in [9.17, 15) is 13.2 Å². The van der Waals surface area contributed by atoms with Gasteiger partial charge in [0, 0.05) is 13.1 Å². The molecule has 1 heterocycles. The van der Waals surface area contributed by atoms with Crippen LogP contribution in [-0.2, 0) is 14.8 Å². The third-order valence-corrected chi connectivity index (χ3v) is 6.08. The lowest BCUT2D eigenvalue weighted by atomic mass is 10.1. The summed E-state index contributed by atoms with van der Waals surface area (Å²) in [6.45, 7) is 4.45. The Morgan fingerprint density at radius 1 is 1.15 bits per heavy atom. The molecule has 0 atom stereocenters. The number of sulfonamides is 1. The SMILES string of the molecule is CCOC(=O)c1cccc(N(C)S(=O)(=O)c2ccc3c(c2)OCCO3)c1C. The average molecular weight is 391 g/mol. The molecule has 0 bridgehead atoms. The molecular formula is C19H21NO6S. The number of anilines is 1. The van der Waals surface area contributed by atoms with Gasteiger partial charge in [-0.15, -0.1) is 0 Å². The molecule has 3 rings (SSSR count). The molecule has 27 heavy (non-hydrogen) atoms. The number of carbonyl (C=O) groups excluding carboxylic acids is 1. The summed E-state index contributed by atoms with van der Waals surface area (Å²) in [6.07, 6.45) is 0. The van der Waals surface area contributed by atoms with E-state index in [1.807, 2.05) is 0 Å². The van der Waals surface area contributed by atoms with Crippen molar-refractivity contribution in [3.05, 3.63) is 47.5 Å². The Labute approximate surface area is 158 Å². The lowest BCUT2D eigenvalue weighted by Crippen LogP contribution is -2.28. The maximum atomic E-state index is 13.1. The summed E-state index contributed by atoms with van der Waals surface area (Å²) < 4.78 is 43.3. The Morgan fingerprint density at radius 3 is 2.56 bits per heavy atom. The van der Waals surface area contributed by atoms with E-state index < -0.39 is 16.0 Å². The second kappa shape index (κ2) is 7.48. The largest absolute Gasteiger partial charge is 0.486 e. The molecule has 2 aromatic rings.